The van der Waals surface area contributed by atoms with Gasteiger partial charge in [0.2, 0.25) is 5.91 Å². The van der Waals surface area contributed by atoms with Gasteiger partial charge in [-0.05, 0) is 74.8 Å². The second kappa shape index (κ2) is 14.3. The minimum atomic E-state index is 0.0277. The van der Waals surface area contributed by atoms with Crippen molar-refractivity contribution in [3.8, 4) is 5.75 Å². The molecule has 2 rings (SSSR count). The van der Waals surface area contributed by atoms with E-state index < -0.39 is 0 Å². The number of carbonyl (C=O) groups excluding carboxylic acids is 1. The quantitative estimate of drug-likeness (QED) is 0.210. The van der Waals surface area contributed by atoms with Crippen LogP contribution in [0.3, 0.4) is 0 Å². The maximum absolute atomic E-state index is 12.1. The number of hydrogen-bond donors (Lipinski definition) is 2. The Balaban J connectivity index is 0.000000651. The van der Waals surface area contributed by atoms with Crippen LogP contribution in [0.15, 0.2) is 61.2 Å². The molecule has 0 saturated heterocycles. The van der Waals surface area contributed by atoms with Crippen LogP contribution in [-0.4, -0.2) is 22.0 Å². The van der Waals surface area contributed by atoms with Crippen molar-refractivity contribution in [3.63, 3.8) is 0 Å². The Morgan fingerprint density at radius 3 is 2.00 bits per heavy atom. The van der Waals surface area contributed by atoms with Crippen molar-refractivity contribution >= 4 is 11.6 Å². The van der Waals surface area contributed by atoms with E-state index in [0.717, 1.165) is 23.1 Å². The van der Waals surface area contributed by atoms with E-state index in [0.29, 0.717) is 17.8 Å². The van der Waals surface area contributed by atoms with Gasteiger partial charge in [-0.3, -0.25) is 4.79 Å². The highest BCUT2D eigenvalue weighted by Crippen LogP contribution is 2.25. The lowest BCUT2D eigenvalue weighted by atomic mass is 9.87. The number of allylic oxidation sites excluding steroid dienone is 1. The van der Waals surface area contributed by atoms with Crippen molar-refractivity contribution in [1.29, 1.82) is 0 Å². The van der Waals surface area contributed by atoms with Crippen molar-refractivity contribution in [2.24, 2.45) is 0 Å². The molecule has 3 N–H and O–H groups in total. The molecule has 0 aliphatic heterocycles. The van der Waals surface area contributed by atoms with E-state index in [1.54, 1.807) is 19.1 Å². The van der Waals surface area contributed by atoms with Gasteiger partial charge in [-0.25, -0.2) is 0 Å². The van der Waals surface area contributed by atoms with Gasteiger partial charge in [0.1, 0.15) is 5.75 Å². The molecule has 0 unspecified atom stereocenters. The third kappa shape index (κ3) is 10.3. The molecule has 4 heteroatoms. The summed E-state index contributed by atoms with van der Waals surface area (Å²) in [6.07, 6.45) is 2.68. The number of hydrogen-bond acceptors (Lipinski definition) is 3. The molecule has 0 atom stereocenters. The maximum Gasteiger partial charge on any atom is 0.249 e. The van der Waals surface area contributed by atoms with E-state index in [-0.39, 0.29) is 23.1 Å². The first-order valence-corrected chi connectivity index (χ1v) is 11.9. The van der Waals surface area contributed by atoms with Crippen molar-refractivity contribution in [1.82, 2.24) is 4.90 Å². The normalized spacial score (nSPS) is 10.4. The highest BCUT2D eigenvalue weighted by Gasteiger charge is 2.18. The summed E-state index contributed by atoms with van der Waals surface area (Å²) in [5, 5.41) is 9.29. The molecule has 0 aliphatic rings. The summed E-state index contributed by atoms with van der Waals surface area (Å²) < 4.78 is 0. The fourth-order valence-corrected chi connectivity index (χ4v) is 3.10. The van der Waals surface area contributed by atoms with Crippen LogP contribution in [0.2, 0.25) is 0 Å². The predicted octanol–water partition coefficient (Wildman–Crippen LogP) is 7.33. The number of aryl methyl sites for hydroxylation is 2. The first-order chi connectivity index (χ1) is 15.7. The minimum absolute atomic E-state index is 0.0277. The van der Waals surface area contributed by atoms with E-state index in [1.165, 1.54) is 5.56 Å². The Morgan fingerprint density at radius 1 is 1.15 bits per heavy atom. The van der Waals surface area contributed by atoms with Crippen molar-refractivity contribution in [3.05, 3.63) is 83.5 Å². The number of anilines is 1. The van der Waals surface area contributed by atoms with Gasteiger partial charge in [0.15, 0.2) is 0 Å². The van der Waals surface area contributed by atoms with Crippen LogP contribution in [-0.2, 0) is 23.2 Å². The van der Waals surface area contributed by atoms with Crippen molar-refractivity contribution in [2.75, 3.05) is 5.73 Å². The van der Waals surface area contributed by atoms with Crippen molar-refractivity contribution in [2.45, 2.75) is 86.7 Å². The topological polar surface area (TPSA) is 66.6 Å². The van der Waals surface area contributed by atoms with Gasteiger partial charge in [0, 0.05) is 18.2 Å². The van der Waals surface area contributed by atoms with E-state index in [1.807, 2.05) is 45.6 Å². The predicted molar refractivity (Wildman–Crippen MR) is 148 cm³/mol. The number of nitrogens with zero attached hydrogens (tertiary/aromatic N) is 1. The second-order valence-electron chi connectivity index (χ2n) is 9.86. The van der Waals surface area contributed by atoms with Gasteiger partial charge in [0.05, 0.1) is 5.69 Å². The highest BCUT2D eigenvalue weighted by atomic mass is 16.3. The van der Waals surface area contributed by atoms with Crippen LogP contribution in [0.4, 0.5) is 5.69 Å². The van der Waals surface area contributed by atoms with Crippen LogP contribution in [0.5, 0.6) is 5.75 Å². The number of benzene rings is 2. The number of phenols is 1. The molecule has 0 heterocycles. The fraction of sp³-hybridized carbons (Fsp3) is 0.433. The molecule has 0 saturated carbocycles. The lowest BCUT2D eigenvalue weighted by Gasteiger charge is -2.27. The average molecular weight is 467 g/mol. The molecular weight excluding hydrogens is 420 g/mol. The highest BCUT2D eigenvalue weighted by molar-refractivity contribution is 5.92. The third-order valence-corrected chi connectivity index (χ3v) is 5.26. The van der Waals surface area contributed by atoms with E-state index in [4.69, 9.17) is 5.73 Å². The maximum atomic E-state index is 12.1. The Hall–Kier alpha value is -3.01. The summed E-state index contributed by atoms with van der Waals surface area (Å²) in [5.41, 5.74) is 11.3. The monoisotopic (exact) mass is 466 g/mol. The SMILES string of the molecule is C=C(C)C(=O)N(Cc1ccc(C(C)(C)C)cc1)C(C)C.C=CC.CCc1cc(C)c(N)c(O)c1. The standard InChI is InChI=1S/C18H27NO.C9H13NO.C3H6/c1-13(2)17(20)19(14(3)4)12-15-8-10-16(11-9-15)18(5,6)7;1-3-7-4-6(2)9(10)8(11)5-7;1-3-2/h8-11,14H,1,12H2,2-7H3;4-5,11H,3,10H2,1-2H3;3H,1H2,2H3. The Kier molecular flexibility index (Phi) is 13.0. The molecule has 2 aromatic rings. The molecule has 0 bridgehead atoms. The zero-order valence-electron chi connectivity index (χ0n) is 22.8. The number of carbonyl (C=O) groups is 1. The van der Waals surface area contributed by atoms with Gasteiger partial charge in [-0.2, -0.15) is 0 Å². The summed E-state index contributed by atoms with van der Waals surface area (Å²) in [6.45, 7) is 26.0. The zero-order chi connectivity index (χ0) is 26.6. The fourth-order valence-electron chi connectivity index (χ4n) is 3.10. The number of amides is 1. The number of rotatable bonds is 5. The largest absolute Gasteiger partial charge is 0.506 e. The number of nitrogens with two attached hydrogens (primary N) is 1. The molecule has 0 spiro atoms. The van der Waals surface area contributed by atoms with Gasteiger partial charge in [0.25, 0.3) is 0 Å². The zero-order valence-corrected chi connectivity index (χ0v) is 22.8. The van der Waals surface area contributed by atoms with Crippen molar-refractivity contribution < 1.29 is 9.90 Å². The van der Waals surface area contributed by atoms with Gasteiger partial charge in [-0.15, -0.1) is 6.58 Å². The van der Waals surface area contributed by atoms with Crippen LogP contribution in [0.25, 0.3) is 0 Å². The molecule has 2 aromatic carbocycles. The van der Waals surface area contributed by atoms with Crippen LogP contribution in [0, 0.1) is 6.92 Å². The molecule has 1 amide bonds. The summed E-state index contributed by atoms with van der Waals surface area (Å²) in [4.78, 5) is 14.0. The van der Waals surface area contributed by atoms with Gasteiger partial charge >= 0.3 is 0 Å². The molecule has 4 nitrogen and oxygen atoms in total. The molecule has 0 fully saturated rings. The summed E-state index contributed by atoms with van der Waals surface area (Å²) in [5.74, 6) is 0.224. The van der Waals surface area contributed by atoms with Gasteiger partial charge in [-0.1, -0.05) is 70.7 Å². The first-order valence-electron chi connectivity index (χ1n) is 11.9. The number of aromatic hydroxyl groups is 1. The lowest BCUT2D eigenvalue weighted by Crippen LogP contribution is -2.36. The summed E-state index contributed by atoms with van der Waals surface area (Å²) in [6, 6.07) is 12.4. The second-order valence-corrected chi connectivity index (χ2v) is 9.86. The van der Waals surface area contributed by atoms with Gasteiger partial charge < -0.3 is 15.7 Å². The van der Waals surface area contributed by atoms with E-state index >= 15 is 0 Å². The molecular formula is C30H46N2O2. The summed E-state index contributed by atoms with van der Waals surface area (Å²) >= 11 is 0. The smallest absolute Gasteiger partial charge is 0.249 e. The molecule has 0 aliphatic carbocycles. The third-order valence-electron chi connectivity index (χ3n) is 5.26. The molecule has 0 radical (unpaired) electrons. The van der Waals surface area contributed by atoms with Crippen LogP contribution in [0.1, 0.15) is 77.6 Å². The van der Waals surface area contributed by atoms with E-state index in [9.17, 15) is 9.90 Å². The Labute approximate surface area is 208 Å². The van der Waals surface area contributed by atoms with Crippen LogP contribution >= 0.6 is 0 Å². The molecule has 0 aromatic heterocycles. The first kappa shape index (κ1) is 31.0. The molecule has 188 valence electrons. The lowest BCUT2D eigenvalue weighted by molar-refractivity contribution is -0.129. The minimum Gasteiger partial charge on any atom is -0.506 e. The number of nitrogen functional groups attached to an aromatic ring is 1. The average Bonchev–Trinajstić information content (AvgIpc) is 2.75. The Bertz CT molecular complexity index is 912. The molecule has 34 heavy (non-hydrogen) atoms. The Morgan fingerprint density at radius 2 is 1.65 bits per heavy atom. The number of phenolic OH excluding ortho intramolecular Hbond substituents is 1. The van der Waals surface area contributed by atoms with E-state index in [2.05, 4.69) is 58.2 Å². The summed E-state index contributed by atoms with van der Waals surface area (Å²) in [7, 11) is 0. The van der Waals surface area contributed by atoms with Crippen LogP contribution < -0.4 is 5.73 Å².